The molecule has 1 aromatic carbocycles. The highest BCUT2D eigenvalue weighted by Crippen LogP contribution is 2.04. The molecule has 0 spiro atoms. The second kappa shape index (κ2) is 4.41. The first-order valence-corrected chi connectivity index (χ1v) is 4.16. The molecule has 2 N–H and O–H groups in total. The zero-order valence-corrected chi connectivity index (χ0v) is 7.78. The van der Waals surface area contributed by atoms with Gasteiger partial charge in [0.1, 0.15) is 0 Å². The number of amides is 1. The van der Waals surface area contributed by atoms with Crippen molar-refractivity contribution < 1.29 is 14.7 Å². The van der Waals surface area contributed by atoms with Crippen LogP contribution >= 0.6 is 0 Å². The van der Waals surface area contributed by atoms with E-state index in [0.717, 1.165) is 5.56 Å². The van der Waals surface area contributed by atoms with Crippen molar-refractivity contribution in [1.29, 1.82) is 0 Å². The Balaban J connectivity index is 2.73. The van der Waals surface area contributed by atoms with Crippen LogP contribution in [0.2, 0.25) is 0 Å². The SMILES string of the molecule is CC(=O)NCc1cccc(C(=O)O)c1. The lowest BCUT2D eigenvalue weighted by Gasteiger charge is -2.02. The Labute approximate surface area is 81.6 Å². The number of benzene rings is 1. The van der Waals surface area contributed by atoms with Crippen LogP contribution in [0.4, 0.5) is 0 Å². The molecule has 14 heavy (non-hydrogen) atoms. The number of rotatable bonds is 3. The largest absolute Gasteiger partial charge is 0.478 e. The van der Waals surface area contributed by atoms with Crippen LogP contribution in [0.1, 0.15) is 22.8 Å². The Morgan fingerprint density at radius 3 is 2.71 bits per heavy atom. The highest BCUT2D eigenvalue weighted by atomic mass is 16.4. The number of aromatic carboxylic acids is 1. The van der Waals surface area contributed by atoms with Crippen LogP contribution in [0.25, 0.3) is 0 Å². The zero-order chi connectivity index (χ0) is 10.6. The van der Waals surface area contributed by atoms with E-state index >= 15 is 0 Å². The molecule has 1 aromatic rings. The predicted molar refractivity (Wildman–Crippen MR) is 50.9 cm³/mol. The molecule has 4 heteroatoms. The Hall–Kier alpha value is -1.84. The molecule has 0 saturated carbocycles. The summed E-state index contributed by atoms with van der Waals surface area (Å²) in [4.78, 5) is 21.2. The molecule has 0 aliphatic rings. The fourth-order valence-electron chi connectivity index (χ4n) is 1.04. The summed E-state index contributed by atoms with van der Waals surface area (Å²) >= 11 is 0. The van der Waals surface area contributed by atoms with Crippen molar-refractivity contribution in [2.45, 2.75) is 13.5 Å². The second-order valence-corrected chi connectivity index (χ2v) is 2.92. The fraction of sp³-hybridized carbons (Fsp3) is 0.200. The van der Waals surface area contributed by atoms with Gasteiger partial charge in [-0.25, -0.2) is 4.79 Å². The highest BCUT2D eigenvalue weighted by molar-refractivity contribution is 5.87. The molecule has 1 amide bonds. The van der Waals surface area contributed by atoms with Crippen LogP contribution in [-0.2, 0) is 11.3 Å². The van der Waals surface area contributed by atoms with E-state index in [1.54, 1.807) is 12.1 Å². The molecule has 0 fully saturated rings. The minimum absolute atomic E-state index is 0.134. The Morgan fingerprint density at radius 2 is 2.14 bits per heavy atom. The first-order chi connectivity index (χ1) is 6.59. The van der Waals surface area contributed by atoms with Crippen molar-refractivity contribution in [3.63, 3.8) is 0 Å². The van der Waals surface area contributed by atoms with Gasteiger partial charge in [-0.3, -0.25) is 4.79 Å². The van der Waals surface area contributed by atoms with Crippen molar-refractivity contribution in [2.24, 2.45) is 0 Å². The van der Waals surface area contributed by atoms with Gasteiger partial charge in [-0.15, -0.1) is 0 Å². The van der Waals surface area contributed by atoms with Gasteiger partial charge >= 0.3 is 5.97 Å². The molecule has 0 aromatic heterocycles. The maximum absolute atomic E-state index is 10.6. The predicted octanol–water partition coefficient (Wildman–Crippen LogP) is 1.02. The quantitative estimate of drug-likeness (QED) is 0.753. The van der Waals surface area contributed by atoms with Gasteiger partial charge in [0.15, 0.2) is 0 Å². The Kier molecular flexibility index (Phi) is 3.23. The van der Waals surface area contributed by atoms with Crippen LogP contribution < -0.4 is 5.32 Å². The summed E-state index contributed by atoms with van der Waals surface area (Å²) in [7, 11) is 0. The first kappa shape index (κ1) is 10.2. The van der Waals surface area contributed by atoms with Crippen LogP contribution in [0, 0.1) is 0 Å². The van der Waals surface area contributed by atoms with Crippen molar-refractivity contribution >= 4 is 11.9 Å². The Bertz CT molecular complexity index is 360. The van der Waals surface area contributed by atoms with Gasteiger partial charge in [-0.2, -0.15) is 0 Å². The lowest BCUT2D eigenvalue weighted by atomic mass is 10.1. The van der Waals surface area contributed by atoms with E-state index < -0.39 is 5.97 Å². The molecular formula is C10H11NO3. The average Bonchev–Trinajstić information content (AvgIpc) is 2.15. The normalized spacial score (nSPS) is 9.50. The monoisotopic (exact) mass is 193 g/mol. The van der Waals surface area contributed by atoms with Gasteiger partial charge in [-0.1, -0.05) is 12.1 Å². The number of hydrogen-bond acceptors (Lipinski definition) is 2. The van der Waals surface area contributed by atoms with Crippen LogP contribution in [-0.4, -0.2) is 17.0 Å². The second-order valence-electron chi connectivity index (χ2n) is 2.92. The van der Waals surface area contributed by atoms with E-state index in [2.05, 4.69) is 5.32 Å². The van der Waals surface area contributed by atoms with Crippen LogP contribution in [0.3, 0.4) is 0 Å². The summed E-state index contributed by atoms with van der Waals surface area (Å²) in [5.41, 5.74) is 1.01. The van der Waals surface area contributed by atoms with Crippen molar-refractivity contribution in [2.75, 3.05) is 0 Å². The maximum Gasteiger partial charge on any atom is 0.335 e. The van der Waals surface area contributed by atoms with E-state index in [1.165, 1.54) is 19.1 Å². The van der Waals surface area contributed by atoms with E-state index in [-0.39, 0.29) is 11.5 Å². The molecule has 1 rings (SSSR count). The van der Waals surface area contributed by atoms with E-state index in [0.29, 0.717) is 6.54 Å². The van der Waals surface area contributed by atoms with Crippen molar-refractivity contribution in [3.05, 3.63) is 35.4 Å². The maximum atomic E-state index is 10.6. The molecule has 0 bridgehead atoms. The summed E-state index contributed by atoms with van der Waals surface area (Å²) in [6, 6.07) is 6.47. The number of carboxylic acid groups (broad SMARTS) is 1. The zero-order valence-electron chi connectivity index (χ0n) is 7.78. The minimum Gasteiger partial charge on any atom is -0.478 e. The number of nitrogens with one attached hydrogen (secondary N) is 1. The lowest BCUT2D eigenvalue weighted by Crippen LogP contribution is -2.19. The lowest BCUT2D eigenvalue weighted by molar-refractivity contribution is -0.119. The summed E-state index contributed by atoms with van der Waals surface area (Å²) < 4.78 is 0. The molecule has 4 nitrogen and oxygen atoms in total. The molecule has 0 atom stereocenters. The summed E-state index contributed by atoms with van der Waals surface area (Å²) in [6.07, 6.45) is 0. The van der Waals surface area contributed by atoms with Gasteiger partial charge in [0, 0.05) is 13.5 Å². The topological polar surface area (TPSA) is 66.4 Å². The van der Waals surface area contributed by atoms with Crippen LogP contribution in [0.5, 0.6) is 0 Å². The van der Waals surface area contributed by atoms with Crippen molar-refractivity contribution in [3.8, 4) is 0 Å². The number of carbonyl (C=O) groups is 2. The molecule has 0 aliphatic heterocycles. The fourth-order valence-corrected chi connectivity index (χ4v) is 1.04. The van der Waals surface area contributed by atoms with E-state index in [9.17, 15) is 9.59 Å². The minimum atomic E-state index is -0.963. The van der Waals surface area contributed by atoms with Gasteiger partial charge in [0.2, 0.25) is 5.91 Å². The third kappa shape index (κ3) is 2.90. The summed E-state index contributed by atoms with van der Waals surface area (Å²) in [6.45, 7) is 1.78. The molecule has 0 heterocycles. The molecule has 0 unspecified atom stereocenters. The smallest absolute Gasteiger partial charge is 0.335 e. The first-order valence-electron chi connectivity index (χ1n) is 4.16. The Morgan fingerprint density at radius 1 is 1.43 bits per heavy atom. The third-order valence-corrected chi connectivity index (χ3v) is 1.72. The van der Waals surface area contributed by atoms with Gasteiger partial charge < -0.3 is 10.4 Å². The molecule has 0 saturated heterocycles. The van der Waals surface area contributed by atoms with Crippen molar-refractivity contribution in [1.82, 2.24) is 5.32 Å². The highest BCUT2D eigenvalue weighted by Gasteiger charge is 2.02. The van der Waals surface area contributed by atoms with E-state index in [4.69, 9.17) is 5.11 Å². The number of carboxylic acids is 1. The third-order valence-electron chi connectivity index (χ3n) is 1.72. The summed E-state index contributed by atoms with van der Waals surface area (Å²) in [5.74, 6) is -1.10. The summed E-state index contributed by atoms with van der Waals surface area (Å²) in [5, 5.41) is 11.3. The average molecular weight is 193 g/mol. The number of carbonyl (C=O) groups excluding carboxylic acids is 1. The number of hydrogen-bond donors (Lipinski definition) is 2. The molecule has 0 radical (unpaired) electrons. The van der Waals surface area contributed by atoms with Crippen LogP contribution in [0.15, 0.2) is 24.3 Å². The standard InChI is InChI=1S/C10H11NO3/c1-7(12)11-6-8-3-2-4-9(5-8)10(13)14/h2-5H,6H2,1H3,(H,11,12)(H,13,14). The molecule has 0 aliphatic carbocycles. The molecule has 74 valence electrons. The van der Waals surface area contributed by atoms with Gasteiger partial charge in [-0.05, 0) is 17.7 Å². The van der Waals surface area contributed by atoms with E-state index in [1.807, 2.05) is 0 Å². The van der Waals surface area contributed by atoms with Gasteiger partial charge in [0.05, 0.1) is 5.56 Å². The molecular weight excluding hydrogens is 182 g/mol. The van der Waals surface area contributed by atoms with Gasteiger partial charge in [0.25, 0.3) is 0 Å².